The Labute approximate surface area is 121 Å². The van der Waals surface area contributed by atoms with Gasteiger partial charge in [0.15, 0.2) is 0 Å². The minimum absolute atomic E-state index is 0.107. The first kappa shape index (κ1) is 12.5. The molecule has 0 saturated carbocycles. The molecule has 0 fully saturated rings. The number of nitrogens with zero attached hydrogens (tertiary/aromatic N) is 2. The van der Waals surface area contributed by atoms with Crippen LogP contribution in [0, 0.1) is 0 Å². The second-order valence-electron chi connectivity index (χ2n) is 4.89. The molecule has 0 unspecified atom stereocenters. The zero-order valence-corrected chi connectivity index (χ0v) is 12.4. The van der Waals surface area contributed by atoms with E-state index in [1.54, 1.807) is 0 Å². The lowest BCUT2D eigenvalue weighted by molar-refractivity contribution is 0.0733. The Hall–Kier alpha value is -1.55. The van der Waals surface area contributed by atoms with Gasteiger partial charge in [-0.1, -0.05) is 22.0 Å². The first-order valence-corrected chi connectivity index (χ1v) is 7.12. The highest BCUT2D eigenvalue weighted by molar-refractivity contribution is 9.10. The second-order valence-corrected chi connectivity index (χ2v) is 5.80. The average Bonchev–Trinajstić information content (AvgIpc) is 2.79. The molecule has 1 aromatic heterocycles. The number of rotatable bonds is 1. The summed E-state index contributed by atoms with van der Waals surface area (Å²) in [6, 6.07) is 9.68. The summed E-state index contributed by atoms with van der Waals surface area (Å²) >= 11 is 3.41. The van der Waals surface area contributed by atoms with Crippen molar-refractivity contribution >= 4 is 21.8 Å². The molecular formula is C15H15BrN2O. The van der Waals surface area contributed by atoms with E-state index in [1.165, 1.54) is 11.3 Å². The van der Waals surface area contributed by atoms with Crippen molar-refractivity contribution in [2.24, 2.45) is 7.05 Å². The molecule has 3 nitrogen and oxygen atoms in total. The predicted octanol–water partition coefficient (Wildman–Crippen LogP) is 2.99. The van der Waals surface area contributed by atoms with Gasteiger partial charge in [-0.3, -0.25) is 4.79 Å². The van der Waals surface area contributed by atoms with E-state index in [0.29, 0.717) is 6.54 Å². The second kappa shape index (κ2) is 4.85. The molecule has 0 bridgehead atoms. The maximum absolute atomic E-state index is 12.5. The highest BCUT2D eigenvalue weighted by Crippen LogP contribution is 2.22. The van der Waals surface area contributed by atoms with Crippen molar-refractivity contribution in [3.05, 3.63) is 57.8 Å². The zero-order chi connectivity index (χ0) is 13.4. The van der Waals surface area contributed by atoms with E-state index in [1.807, 2.05) is 29.2 Å². The molecule has 2 heterocycles. The third-order valence-electron chi connectivity index (χ3n) is 3.63. The van der Waals surface area contributed by atoms with Gasteiger partial charge in [0.25, 0.3) is 5.91 Å². The Kier molecular flexibility index (Phi) is 3.19. The molecule has 0 aliphatic carbocycles. The summed E-state index contributed by atoms with van der Waals surface area (Å²) in [6.07, 6.45) is 3.00. The minimum atomic E-state index is 0.107. The van der Waals surface area contributed by atoms with E-state index < -0.39 is 0 Å². The van der Waals surface area contributed by atoms with Gasteiger partial charge in [0.1, 0.15) is 0 Å². The van der Waals surface area contributed by atoms with Crippen LogP contribution in [0.3, 0.4) is 0 Å². The first-order valence-electron chi connectivity index (χ1n) is 6.33. The van der Waals surface area contributed by atoms with Crippen LogP contribution in [0.15, 0.2) is 41.0 Å². The SMILES string of the molecule is Cn1ccc2c1CCN(C(=O)c1cccc(Br)c1)C2. The molecule has 1 aromatic carbocycles. The van der Waals surface area contributed by atoms with Crippen molar-refractivity contribution in [1.82, 2.24) is 9.47 Å². The molecule has 0 radical (unpaired) electrons. The van der Waals surface area contributed by atoms with Crippen molar-refractivity contribution in [3.8, 4) is 0 Å². The average molecular weight is 319 g/mol. The number of hydrogen-bond donors (Lipinski definition) is 0. The summed E-state index contributed by atoms with van der Waals surface area (Å²) in [4.78, 5) is 14.4. The first-order chi connectivity index (χ1) is 9.15. The molecular weight excluding hydrogens is 304 g/mol. The smallest absolute Gasteiger partial charge is 0.254 e. The zero-order valence-electron chi connectivity index (χ0n) is 10.8. The minimum Gasteiger partial charge on any atom is -0.354 e. The lowest BCUT2D eigenvalue weighted by atomic mass is 10.1. The van der Waals surface area contributed by atoms with Crippen molar-refractivity contribution in [2.75, 3.05) is 6.54 Å². The molecule has 0 atom stereocenters. The van der Waals surface area contributed by atoms with Crippen LogP contribution in [0.2, 0.25) is 0 Å². The van der Waals surface area contributed by atoms with Gasteiger partial charge in [0.05, 0.1) is 0 Å². The number of fused-ring (bicyclic) bond motifs is 1. The molecule has 19 heavy (non-hydrogen) atoms. The lowest BCUT2D eigenvalue weighted by Crippen LogP contribution is -2.36. The van der Waals surface area contributed by atoms with Gasteiger partial charge in [-0.25, -0.2) is 0 Å². The summed E-state index contributed by atoms with van der Waals surface area (Å²) in [6.45, 7) is 1.50. The number of amides is 1. The molecule has 4 heteroatoms. The van der Waals surface area contributed by atoms with Crippen LogP contribution in [0.25, 0.3) is 0 Å². The Morgan fingerprint density at radius 2 is 2.16 bits per heavy atom. The van der Waals surface area contributed by atoms with E-state index in [-0.39, 0.29) is 5.91 Å². The number of benzene rings is 1. The number of carbonyl (C=O) groups excluding carboxylic acids is 1. The fourth-order valence-electron chi connectivity index (χ4n) is 2.60. The van der Waals surface area contributed by atoms with Gasteiger partial charge in [-0.2, -0.15) is 0 Å². The summed E-state index contributed by atoms with van der Waals surface area (Å²) in [5.41, 5.74) is 3.35. The van der Waals surface area contributed by atoms with Crippen LogP contribution in [0.4, 0.5) is 0 Å². The van der Waals surface area contributed by atoms with Gasteiger partial charge in [0, 0.05) is 48.5 Å². The summed E-state index contributed by atoms with van der Waals surface area (Å²) in [7, 11) is 2.06. The largest absolute Gasteiger partial charge is 0.354 e. The van der Waals surface area contributed by atoms with Crippen molar-refractivity contribution in [1.29, 1.82) is 0 Å². The molecule has 2 aromatic rings. The van der Waals surface area contributed by atoms with E-state index in [2.05, 4.69) is 39.8 Å². The topological polar surface area (TPSA) is 25.2 Å². The Morgan fingerprint density at radius 1 is 1.32 bits per heavy atom. The molecule has 1 aliphatic rings. The standard InChI is InChI=1S/C15H15BrN2O/c1-17-7-5-12-10-18(8-6-14(12)17)15(19)11-3-2-4-13(16)9-11/h2-5,7,9H,6,8,10H2,1H3. The normalized spacial score (nSPS) is 14.3. The van der Waals surface area contributed by atoms with E-state index in [4.69, 9.17) is 0 Å². The lowest BCUT2D eigenvalue weighted by Gasteiger charge is -2.28. The monoisotopic (exact) mass is 318 g/mol. The van der Waals surface area contributed by atoms with E-state index in [9.17, 15) is 4.79 Å². The van der Waals surface area contributed by atoms with Gasteiger partial charge in [0.2, 0.25) is 0 Å². The van der Waals surface area contributed by atoms with Crippen LogP contribution in [-0.4, -0.2) is 21.9 Å². The molecule has 1 aliphatic heterocycles. The summed E-state index contributed by atoms with van der Waals surface area (Å²) < 4.78 is 3.09. The van der Waals surface area contributed by atoms with Crippen molar-refractivity contribution < 1.29 is 4.79 Å². The third-order valence-corrected chi connectivity index (χ3v) is 4.13. The van der Waals surface area contributed by atoms with Crippen LogP contribution >= 0.6 is 15.9 Å². The number of aryl methyl sites for hydroxylation is 1. The quantitative estimate of drug-likeness (QED) is 0.793. The fourth-order valence-corrected chi connectivity index (χ4v) is 3.00. The van der Waals surface area contributed by atoms with E-state index >= 15 is 0 Å². The molecule has 98 valence electrons. The molecule has 0 N–H and O–H groups in total. The Bertz CT molecular complexity index is 633. The Balaban J connectivity index is 1.83. The van der Waals surface area contributed by atoms with Gasteiger partial charge in [-0.15, -0.1) is 0 Å². The van der Waals surface area contributed by atoms with Crippen molar-refractivity contribution in [2.45, 2.75) is 13.0 Å². The molecule has 0 saturated heterocycles. The number of aromatic nitrogens is 1. The van der Waals surface area contributed by atoms with Crippen LogP contribution < -0.4 is 0 Å². The maximum Gasteiger partial charge on any atom is 0.254 e. The summed E-state index contributed by atoms with van der Waals surface area (Å²) in [5.74, 6) is 0.107. The van der Waals surface area contributed by atoms with Gasteiger partial charge >= 0.3 is 0 Å². The number of hydrogen-bond acceptors (Lipinski definition) is 1. The number of halogens is 1. The maximum atomic E-state index is 12.5. The van der Waals surface area contributed by atoms with Crippen LogP contribution in [0.1, 0.15) is 21.6 Å². The Morgan fingerprint density at radius 3 is 2.95 bits per heavy atom. The number of carbonyl (C=O) groups is 1. The molecule has 0 spiro atoms. The van der Waals surface area contributed by atoms with Crippen LogP contribution in [-0.2, 0) is 20.0 Å². The van der Waals surface area contributed by atoms with Crippen molar-refractivity contribution in [3.63, 3.8) is 0 Å². The highest BCUT2D eigenvalue weighted by atomic mass is 79.9. The van der Waals surface area contributed by atoms with E-state index in [0.717, 1.165) is 23.0 Å². The van der Waals surface area contributed by atoms with Gasteiger partial charge in [-0.05, 0) is 29.8 Å². The predicted molar refractivity (Wildman–Crippen MR) is 78.0 cm³/mol. The third kappa shape index (κ3) is 2.32. The highest BCUT2D eigenvalue weighted by Gasteiger charge is 2.23. The summed E-state index contributed by atoms with van der Waals surface area (Å²) in [5, 5.41) is 0. The van der Waals surface area contributed by atoms with Gasteiger partial charge < -0.3 is 9.47 Å². The molecule has 3 rings (SSSR count). The van der Waals surface area contributed by atoms with Crippen LogP contribution in [0.5, 0.6) is 0 Å². The molecule has 1 amide bonds. The fraction of sp³-hybridized carbons (Fsp3) is 0.267.